The Bertz CT molecular complexity index is 428. The first-order chi connectivity index (χ1) is 8.59. The molecule has 0 aromatic heterocycles. The van der Waals surface area contributed by atoms with Crippen molar-refractivity contribution in [3.63, 3.8) is 0 Å². The lowest BCUT2D eigenvalue weighted by molar-refractivity contribution is -0.935. The summed E-state index contributed by atoms with van der Waals surface area (Å²) in [4.78, 5) is 12.6. The first-order valence-electron chi connectivity index (χ1n) is 6.48. The molecule has 3 N–H and O–H groups in total. The fraction of sp³-hybridized carbons (Fsp3) is 0.500. The maximum absolute atomic E-state index is 11.1. The number of carbonyl (C=O) groups is 1. The molecule has 1 aliphatic heterocycles. The third-order valence-electron chi connectivity index (χ3n) is 4.01. The standard InChI is InChI=1S/C14H19ClN2O/c1-10(12-4-2-3-5-13(12)15)17-8-6-11(7-9-17)14(16)18/h2-5,10-11H,6-9H2,1H3,(H2,16,18)/p+1/t10-/m0/s1. The molecule has 1 amide bonds. The summed E-state index contributed by atoms with van der Waals surface area (Å²) in [6.45, 7) is 4.17. The number of rotatable bonds is 3. The number of piperidine rings is 1. The number of nitrogens with two attached hydrogens (primary N) is 1. The van der Waals surface area contributed by atoms with Gasteiger partial charge in [-0.1, -0.05) is 29.8 Å². The molecule has 4 heteroatoms. The summed E-state index contributed by atoms with van der Waals surface area (Å²) in [6, 6.07) is 8.36. The fourth-order valence-electron chi connectivity index (χ4n) is 2.75. The lowest BCUT2D eigenvalue weighted by atomic mass is 9.94. The van der Waals surface area contributed by atoms with E-state index in [1.807, 2.05) is 18.2 Å². The van der Waals surface area contributed by atoms with Gasteiger partial charge >= 0.3 is 0 Å². The number of hydrogen-bond acceptors (Lipinski definition) is 1. The Hall–Kier alpha value is -1.06. The molecule has 1 aliphatic rings. The van der Waals surface area contributed by atoms with Crippen LogP contribution >= 0.6 is 11.6 Å². The van der Waals surface area contributed by atoms with Crippen LogP contribution < -0.4 is 10.6 Å². The zero-order valence-electron chi connectivity index (χ0n) is 10.7. The number of amides is 1. The van der Waals surface area contributed by atoms with Crippen molar-refractivity contribution in [3.8, 4) is 0 Å². The maximum Gasteiger partial charge on any atom is 0.220 e. The maximum atomic E-state index is 11.1. The number of hydrogen-bond donors (Lipinski definition) is 2. The van der Waals surface area contributed by atoms with Gasteiger partial charge in [0.2, 0.25) is 5.91 Å². The summed E-state index contributed by atoms with van der Waals surface area (Å²) in [5, 5.41) is 0.828. The highest BCUT2D eigenvalue weighted by atomic mass is 35.5. The zero-order valence-corrected chi connectivity index (χ0v) is 11.4. The third kappa shape index (κ3) is 2.85. The molecule has 0 radical (unpaired) electrons. The van der Waals surface area contributed by atoms with Gasteiger partial charge < -0.3 is 10.6 Å². The van der Waals surface area contributed by atoms with Crippen LogP contribution in [-0.4, -0.2) is 19.0 Å². The predicted octanol–water partition coefficient (Wildman–Crippen LogP) is 1.18. The van der Waals surface area contributed by atoms with E-state index in [-0.39, 0.29) is 11.8 Å². The van der Waals surface area contributed by atoms with Gasteiger partial charge in [0, 0.05) is 29.3 Å². The van der Waals surface area contributed by atoms with Gasteiger partial charge in [-0.15, -0.1) is 0 Å². The van der Waals surface area contributed by atoms with E-state index in [2.05, 4.69) is 13.0 Å². The van der Waals surface area contributed by atoms with E-state index in [1.54, 1.807) is 0 Å². The zero-order chi connectivity index (χ0) is 13.1. The van der Waals surface area contributed by atoms with Gasteiger partial charge in [0.05, 0.1) is 13.1 Å². The monoisotopic (exact) mass is 267 g/mol. The summed E-state index contributed by atoms with van der Waals surface area (Å²) >= 11 is 6.23. The lowest BCUT2D eigenvalue weighted by Gasteiger charge is -2.32. The van der Waals surface area contributed by atoms with Crippen LogP contribution in [0.1, 0.15) is 31.4 Å². The molecule has 1 saturated heterocycles. The summed E-state index contributed by atoms with van der Waals surface area (Å²) in [7, 11) is 0. The number of halogens is 1. The topological polar surface area (TPSA) is 47.5 Å². The van der Waals surface area contributed by atoms with Crippen molar-refractivity contribution >= 4 is 17.5 Å². The predicted molar refractivity (Wildman–Crippen MR) is 72.5 cm³/mol. The summed E-state index contributed by atoms with van der Waals surface area (Å²) in [5.41, 5.74) is 6.54. The molecule has 0 bridgehead atoms. The molecule has 3 nitrogen and oxygen atoms in total. The molecule has 0 aliphatic carbocycles. The van der Waals surface area contributed by atoms with Gasteiger partial charge in [-0.3, -0.25) is 4.79 Å². The van der Waals surface area contributed by atoms with Crippen LogP contribution in [0.15, 0.2) is 24.3 Å². The van der Waals surface area contributed by atoms with Gasteiger partial charge in [-0.25, -0.2) is 0 Å². The number of likely N-dealkylation sites (tertiary alicyclic amines) is 1. The molecule has 1 aromatic carbocycles. The normalized spacial score (nSPS) is 25.7. The van der Waals surface area contributed by atoms with E-state index in [1.165, 1.54) is 10.5 Å². The highest BCUT2D eigenvalue weighted by molar-refractivity contribution is 6.31. The average molecular weight is 268 g/mol. The van der Waals surface area contributed by atoms with E-state index in [9.17, 15) is 4.79 Å². The smallest absolute Gasteiger partial charge is 0.220 e. The highest BCUT2D eigenvalue weighted by Crippen LogP contribution is 2.21. The van der Waals surface area contributed by atoms with Crippen LogP contribution in [0.25, 0.3) is 0 Å². The Morgan fingerprint density at radius 1 is 1.39 bits per heavy atom. The molecule has 18 heavy (non-hydrogen) atoms. The molecule has 0 saturated carbocycles. The van der Waals surface area contributed by atoms with E-state index >= 15 is 0 Å². The van der Waals surface area contributed by atoms with Crippen molar-refractivity contribution < 1.29 is 9.69 Å². The Kier molecular flexibility index (Phi) is 4.25. The number of benzene rings is 1. The van der Waals surface area contributed by atoms with Crippen LogP contribution in [0.2, 0.25) is 5.02 Å². The van der Waals surface area contributed by atoms with Gasteiger partial charge in [-0.05, 0) is 13.0 Å². The Balaban J connectivity index is 2.02. The molecule has 1 fully saturated rings. The van der Waals surface area contributed by atoms with Crippen LogP contribution in [0, 0.1) is 5.92 Å². The fourth-order valence-corrected chi connectivity index (χ4v) is 3.05. The molecule has 98 valence electrons. The first kappa shape index (κ1) is 13.4. The van der Waals surface area contributed by atoms with Crippen molar-refractivity contribution in [2.45, 2.75) is 25.8 Å². The van der Waals surface area contributed by atoms with Crippen molar-refractivity contribution in [1.29, 1.82) is 0 Å². The lowest BCUT2D eigenvalue weighted by Crippen LogP contribution is -3.13. The molecular weight excluding hydrogens is 248 g/mol. The molecule has 0 spiro atoms. The van der Waals surface area contributed by atoms with E-state index in [4.69, 9.17) is 17.3 Å². The van der Waals surface area contributed by atoms with Gasteiger partial charge in [-0.2, -0.15) is 0 Å². The second kappa shape index (κ2) is 5.72. The minimum absolute atomic E-state index is 0.0622. The van der Waals surface area contributed by atoms with Crippen LogP contribution in [0.4, 0.5) is 0 Å². The van der Waals surface area contributed by atoms with Crippen molar-refractivity contribution in [2.75, 3.05) is 13.1 Å². The number of nitrogens with one attached hydrogen (secondary N) is 1. The molecule has 0 unspecified atom stereocenters. The van der Waals surface area contributed by atoms with Crippen molar-refractivity contribution in [3.05, 3.63) is 34.9 Å². The minimum atomic E-state index is -0.153. The van der Waals surface area contributed by atoms with Crippen LogP contribution in [0.5, 0.6) is 0 Å². The highest BCUT2D eigenvalue weighted by Gasteiger charge is 2.29. The minimum Gasteiger partial charge on any atom is -0.369 e. The SMILES string of the molecule is C[C@@H](c1ccccc1Cl)[NH+]1CCC(C(N)=O)CC1. The Morgan fingerprint density at radius 3 is 2.56 bits per heavy atom. The van der Waals surface area contributed by atoms with E-state index < -0.39 is 0 Å². The second-order valence-electron chi connectivity index (χ2n) is 5.08. The quantitative estimate of drug-likeness (QED) is 0.849. The number of quaternary nitrogens is 1. The molecular formula is C14H20ClN2O+. The molecule has 1 aromatic rings. The second-order valence-corrected chi connectivity index (χ2v) is 5.49. The summed E-state index contributed by atoms with van der Waals surface area (Å²) in [6.07, 6.45) is 1.78. The average Bonchev–Trinajstić information content (AvgIpc) is 2.38. The van der Waals surface area contributed by atoms with Crippen molar-refractivity contribution in [1.82, 2.24) is 0 Å². The van der Waals surface area contributed by atoms with Crippen LogP contribution in [-0.2, 0) is 4.79 Å². The third-order valence-corrected chi connectivity index (χ3v) is 4.36. The summed E-state index contributed by atoms with van der Waals surface area (Å²) in [5.74, 6) is -0.0911. The molecule has 1 atom stereocenters. The van der Waals surface area contributed by atoms with E-state index in [0.717, 1.165) is 31.0 Å². The largest absolute Gasteiger partial charge is 0.369 e. The molecule has 1 heterocycles. The summed E-state index contributed by atoms with van der Waals surface area (Å²) < 4.78 is 0. The Labute approximate surface area is 113 Å². The number of carbonyl (C=O) groups excluding carboxylic acids is 1. The van der Waals surface area contributed by atoms with Gasteiger partial charge in [0.15, 0.2) is 0 Å². The van der Waals surface area contributed by atoms with Gasteiger partial charge in [0.25, 0.3) is 0 Å². The van der Waals surface area contributed by atoms with Gasteiger partial charge in [0.1, 0.15) is 6.04 Å². The van der Waals surface area contributed by atoms with E-state index in [0.29, 0.717) is 6.04 Å². The Morgan fingerprint density at radius 2 is 2.00 bits per heavy atom. The first-order valence-corrected chi connectivity index (χ1v) is 6.85. The van der Waals surface area contributed by atoms with Crippen LogP contribution in [0.3, 0.4) is 0 Å². The van der Waals surface area contributed by atoms with Crippen molar-refractivity contribution in [2.24, 2.45) is 11.7 Å². The molecule has 2 rings (SSSR count). The number of primary amides is 1.